The molecule has 2 aliphatic heterocycles. The van der Waals surface area contributed by atoms with Gasteiger partial charge in [0.1, 0.15) is 0 Å². The van der Waals surface area contributed by atoms with Crippen molar-refractivity contribution in [2.75, 3.05) is 19.6 Å². The number of carbonyl (C=O) groups excluding carboxylic acids is 2. The number of fused-ring (bicyclic) bond motifs is 1. The zero-order valence-electron chi connectivity index (χ0n) is 16.9. The summed E-state index contributed by atoms with van der Waals surface area (Å²) in [6.45, 7) is 5.73. The Bertz CT molecular complexity index is 891. The summed E-state index contributed by atoms with van der Waals surface area (Å²) in [7, 11) is 0. The Morgan fingerprint density at radius 2 is 2.04 bits per heavy atom. The number of nitrogens with one attached hydrogen (secondary N) is 1. The van der Waals surface area contributed by atoms with Gasteiger partial charge < -0.3 is 10.2 Å². The van der Waals surface area contributed by atoms with Crippen molar-refractivity contribution >= 4 is 11.7 Å². The Morgan fingerprint density at radius 3 is 2.79 bits per heavy atom. The molecule has 1 spiro atoms. The average Bonchev–Trinajstić information content (AvgIpc) is 3.36. The maximum absolute atomic E-state index is 12.9. The van der Waals surface area contributed by atoms with E-state index in [0.29, 0.717) is 0 Å². The van der Waals surface area contributed by atoms with Gasteiger partial charge in [-0.3, -0.25) is 9.59 Å². The fourth-order valence-corrected chi connectivity index (χ4v) is 7.27. The maximum Gasteiger partial charge on any atom is 0.228 e. The van der Waals surface area contributed by atoms with Crippen LogP contribution < -0.4 is 5.32 Å². The summed E-state index contributed by atoms with van der Waals surface area (Å²) in [5.74, 6) is 0.991. The molecule has 4 heteroatoms. The van der Waals surface area contributed by atoms with Gasteiger partial charge in [-0.1, -0.05) is 23.8 Å². The minimum Gasteiger partial charge on any atom is -0.343 e. The summed E-state index contributed by atoms with van der Waals surface area (Å²) in [6.07, 6.45) is 7.84. The van der Waals surface area contributed by atoms with Crippen LogP contribution in [-0.4, -0.2) is 41.8 Å². The van der Waals surface area contributed by atoms with Crippen LogP contribution in [0.1, 0.15) is 61.6 Å². The first-order chi connectivity index (χ1) is 13.4. The summed E-state index contributed by atoms with van der Waals surface area (Å²) in [4.78, 5) is 27.8. The van der Waals surface area contributed by atoms with E-state index in [0.717, 1.165) is 51.1 Å². The number of rotatable bonds is 2. The van der Waals surface area contributed by atoms with Crippen molar-refractivity contribution in [3.8, 4) is 0 Å². The first-order valence-corrected chi connectivity index (χ1v) is 11.1. The fraction of sp³-hybridized carbons (Fsp3) is 0.667. The van der Waals surface area contributed by atoms with Crippen LogP contribution in [-0.2, 0) is 21.4 Å². The first kappa shape index (κ1) is 17.2. The van der Waals surface area contributed by atoms with Crippen molar-refractivity contribution in [2.45, 2.75) is 69.2 Å². The van der Waals surface area contributed by atoms with Gasteiger partial charge in [-0.25, -0.2) is 0 Å². The highest BCUT2D eigenvalue weighted by Gasteiger charge is 2.67. The second-order valence-corrected chi connectivity index (χ2v) is 10.5. The van der Waals surface area contributed by atoms with E-state index in [9.17, 15) is 9.59 Å². The van der Waals surface area contributed by atoms with Crippen LogP contribution in [0.4, 0.5) is 0 Å². The number of amides is 1. The second-order valence-electron chi connectivity index (χ2n) is 10.5. The normalized spacial score (nSPS) is 39.6. The van der Waals surface area contributed by atoms with Crippen molar-refractivity contribution in [1.82, 2.24) is 10.2 Å². The van der Waals surface area contributed by atoms with E-state index in [4.69, 9.17) is 0 Å². The van der Waals surface area contributed by atoms with Gasteiger partial charge in [0.15, 0.2) is 5.78 Å². The predicted molar refractivity (Wildman–Crippen MR) is 107 cm³/mol. The summed E-state index contributed by atoms with van der Waals surface area (Å²) in [5, 5.41) is 3.15. The van der Waals surface area contributed by atoms with Crippen LogP contribution in [0.15, 0.2) is 18.2 Å². The lowest BCUT2D eigenvalue weighted by Crippen LogP contribution is -2.65. The number of Topliss-reactive ketones (excluding diaryl/α,β-unsaturated/α-hetero) is 1. The van der Waals surface area contributed by atoms with Crippen molar-refractivity contribution in [3.05, 3.63) is 34.9 Å². The summed E-state index contributed by atoms with van der Waals surface area (Å²) in [5.41, 5.74) is 3.96. The second kappa shape index (κ2) is 5.47. The number of nitrogens with zero attached hydrogens (tertiary/aromatic N) is 1. The summed E-state index contributed by atoms with van der Waals surface area (Å²) in [6, 6.07) is 6.98. The number of benzene rings is 1. The van der Waals surface area contributed by atoms with Crippen molar-refractivity contribution in [1.29, 1.82) is 0 Å². The molecule has 3 aliphatic carbocycles. The number of piperidine rings is 1. The molecule has 0 bridgehead atoms. The zero-order chi connectivity index (χ0) is 19.1. The summed E-state index contributed by atoms with van der Waals surface area (Å²) < 4.78 is 0. The molecule has 4 nitrogen and oxygen atoms in total. The molecule has 0 radical (unpaired) electrons. The van der Waals surface area contributed by atoms with Gasteiger partial charge in [-0.2, -0.15) is 0 Å². The molecule has 148 valence electrons. The maximum atomic E-state index is 12.9. The molecule has 6 rings (SSSR count). The third-order valence-electron chi connectivity index (χ3n) is 8.79. The molecule has 2 saturated heterocycles. The van der Waals surface area contributed by atoms with E-state index >= 15 is 0 Å². The van der Waals surface area contributed by atoms with Crippen LogP contribution in [0.25, 0.3) is 0 Å². The number of aryl methyl sites for hydroxylation is 1. The molecule has 1 unspecified atom stereocenters. The smallest absolute Gasteiger partial charge is 0.228 e. The van der Waals surface area contributed by atoms with Crippen LogP contribution in [0.2, 0.25) is 0 Å². The van der Waals surface area contributed by atoms with E-state index in [-0.39, 0.29) is 28.9 Å². The molecular formula is C24H30N2O2. The lowest BCUT2D eigenvalue weighted by Gasteiger charge is -2.60. The Kier molecular flexibility index (Phi) is 3.36. The number of hydrogen-bond donors (Lipinski definition) is 1. The third kappa shape index (κ3) is 2.21. The third-order valence-corrected chi connectivity index (χ3v) is 8.79. The van der Waals surface area contributed by atoms with Crippen molar-refractivity contribution in [3.63, 3.8) is 0 Å². The highest BCUT2D eigenvalue weighted by Crippen LogP contribution is 2.65. The first-order valence-electron chi connectivity index (χ1n) is 11.1. The Balaban J connectivity index is 1.44. The van der Waals surface area contributed by atoms with Crippen molar-refractivity contribution < 1.29 is 9.59 Å². The molecule has 28 heavy (non-hydrogen) atoms. The number of ketones is 1. The molecule has 3 atom stereocenters. The predicted octanol–water partition coefficient (Wildman–Crippen LogP) is 2.90. The van der Waals surface area contributed by atoms with Gasteiger partial charge in [0.25, 0.3) is 0 Å². The quantitative estimate of drug-likeness (QED) is 0.805. The molecule has 1 amide bonds. The molecule has 5 aliphatic rings. The molecule has 1 aromatic carbocycles. The summed E-state index contributed by atoms with van der Waals surface area (Å²) >= 11 is 0. The Labute approximate surface area is 167 Å². The van der Waals surface area contributed by atoms with E-state index < -0.39 is 5.54 Å². The van der Waals surface area contributed by atoms with Crippen molar-refractivity contribution in [2.24, 2.45) is 11.3 Å². The average molecular weight is 379 g/mol. The minimum atomic E-state index is -0.607. The Morgan fingerprint density at radius 1 is 1.18 bits per heavy atom. The van der Waals surface area contributed by atoms with Crippen LogP contribution in [0.3, 0.4) is 0 Å². The molecule has 2 heterocycles. The minimum absolute atomic E-state index is 0.0416. The topological polar surface area (TPSA) is 49.4 Å². The van der Waals surface area contributed by atoms with Gasteiger partial charge in [0, 0.05) is 18.5 Å². The van der Waals surface area contributed by atoms with E-state index in [1.165, 1.54) is 36.1 Å². The highest BCUT2D eigenvalue weighted by atomic mass is 16.2. The largest absolute Gasteiger partial charge is 0.343 e. The number of carbonyl (C=O) groups is 2. The SMILES string of the molecule is Cc1ccc2c(c1)[C@]13CCN(CC4CC4)CC1(CC[C@]1(C3)NC(=O)CC1=O)C2. The van der Waals surface area contributed by atoms with Gasteiger partial charge in [0.05, 0.1) is 12.0 Å². The molecule has 2 saturated carbocycles. The van der Waals surface area contributed by atoms with Gasteiger partial charge in [-0.05, 0) is 80.9 Å². The molecular weight excluding hydrogens is 348 g/mol. The lowest BCUT2D eigenvalue weighted by molar-refractivity contribution is -0.128. The van der Waals surface area contributed by atoms with Crippen LogP contribution in [0, 0.1) is 18.3 Å². The Hall–Kier alpha value is -1.68. The fourth-order valence-electron chi connectivity index (χ4n) is 7.27. The monoisotopic (exact) mass is 378 g/mol. The highest BCUT2D eigenvalue weighted by molar-refractivity contribution is 6.10. The van der Waals surface area contributed by atoms with E-state index in [1.807, 2.05) is 0 Å². The van der Waals surface area contributed by atoms with E-state index in [1.54, 1.807) is 0 Å². The van der Waals surface area contributed by atoms with Crippen LogP contribution in [0.5, 0.6) is 0 Å². The number of likely N-dealkylation sites (tertiary alicyclic amines) is 1. The van der Waals surface area contributed by atoms with Gasteiger partial charge >= 0.3 is 0 Å². The standard InChI is InChI=1S/C24H30N2O2/c1-16-2-5-18-12-22-6-7-24(20(27)11-21(28)25-24)14-23(22,19(18)10-16)8-9-26(15-22)13-17-3-4-17/h2,5,10,17H,3-4,6-9,11-15H2,1H3,(H,25,28)/t22?,23-,24-/m1/s1. The van der Waals surface area contributed by atoms with Crippen LogP contribution >= 0.6 is 0 Å². The molecule has 1 aromatic rings. The van der Waals surface area contributed by atoms with Gasteiger partial charge in [-0.15, -0.1) is 0 Å². The molecule has 0 aromatic heterocycles. The number of hydrogen-bond acceptors (Lipinski definition) is 3. The van der Waals surface area contributed by atoms with E-state index in [2.05, 4.69) is 35.3 Å². The van der Waals surface area contributed by atoms with Gasteiger partial charge in [0.2, 0.25) is 5.91 Å². The zero-order valence-corrected chi connectivity index (χ0v) is 16.9. The molecule has 1 N–H and O–H groups in total. The molecule has 4 fully saturated rings. The lowest BCUT2D eigenvalue weighted by atomic mass is 9.49.